The molecule has 3 heterocycles. The summed E-state index contributed by atoms with van der Waals surface area (Å²) in [5.41, 5.74) is 9.05. The van der Waals surface area contributed by atoms with Crippen molar-refractivity contribution in [3.63, 3.8) is 0 Å². The molecule has 0 bridgehead atoms. The maximum Gasteiger partial charge on any atom is 0.264 e. The molecular weight excluding hydrogens is 542 g/mol. The summed E-state index contributed by atoms with van der Waals surface area (Å²) in [5.74, 6) is -1.73. The Hall–Kier alpha value is -3.81. The molecule has 2 aromatic heterocycles. The lowest BCUT2D eigenvalue weighted by Gasteiger charge is -2.29. The van der Waals surface area contributed by atoms with Crippen LogP contribution < -0.4 is 15.2 Å². The normalized spacial score (nSPS) is 15.0. The van der Waals surface area contributed by atoms with Crippen molar-refractivity contribution < 1.29 is 27.0 Å². The summed E-state index contributed by atoms with van der Waals surface area (Å²) in [6.45, 7) is 3.28. The van der Waals surface area contributed by atoms with Crippen LogP contribution in [0.25, 0.3) is 22.2 Å². The Bertz CT molecular complexity index is 1640. The van der Waals surface area contributed by atoms with Gasteiger partial charge in [0.2, 0.25) is 11.8 Å². The number of pyridine rings is 1. The van der Waals surface area contributed by atoms with Crippen molar-refractivity contribution in [3.8, 4) is 17.0 Å². The average molecular weight is 573 g/mol. The highest BCUT2D eigenvalue weighted by Crippen LogP contribution is 2.32. The van der Waals surface area contributed by atoms with Gasteiger partial charge in [-0.2, -0.15) is 0 Å². The van der Waals surface area contributed by atoms with Gasteiger partial charge in [-0.25, -0.2) is 27.2 Å². The van der Waals surface area contributed by atoms with E-state index in [1.165, 1.54) is 19.4 Å². The molecule has 212 valence electrons. The van der Waals surface area contributed by atoms with Gasteiger partial charge in [-0.1, -0.05) is 6.07 Å². The Labute approximate surface area is 230 Å². The molecule has 1 aliphatic heterocycles. The second kappa shape index (κ2) is 11.4. The third-order valence-corrected chi connectivity index (χ3v) is 8.40. The third kappa shape index (κ3) is 5.86. The predicted molar refractivity (Wildman–Crippen MR) is 147 cm³/mol. The van der Waals surface area contributed by atoms with Crippen LogP contribution in [-0.2, 0) is 16.6 Å². The molecule has 4 N–H and O–H groups in total. The SMILES string of the molecule is COc1ncc(-c2ccc3nc(N)n(CCCN4CCC(O)CC4)c3c2)cc1NS(=O)(=O)c1ccc(F)cc1F. The van der Waals surface area contributed by atoms with Crippen molar-refractivity contribution in [1.29, 1.82) is 0 Å². The monoisotopic (exact) mass is 572 g/mol. The fraction of sp³-hybridized carbons (Fsp3) is 0.333. The minimum Gasteiger partial charge on any atom is -0.480 e. The van der Waals surface area contributed by atoms with Crippen LogP contribution in [0.2, 0.25) is 0 Å². The van der Waals surface area contributed by atoms with Crippen molar-refractivity contribution in [2.75, 3.05) is 37.2 Å². The number of anilines is 2. The lowest BCUT2D eigenvalue weighted by Crippen LogP contribution is -2.36. The molecule has 0 unspecified atom stereocenters. The lowest BCUT2D eigenvalue weighted by atomic mass is 10.1. The molecule has 1 aliphatic rings. The number of methoxy groups -OCH3 is 1. The number of sulfonamides is 1. The Morgan fingerprint density at radius 3 is 2.60 bits per heavy atom. The number of hydrogen-bond donors (Lipinski definition) is 3. The minimum absolute atomic E-state index is 0.0107. The van der Waals surface area contributed by atoms with Crippen LogP contribution in [0.1, 0.15) is 19.3 Å². The van der Waals surface area contributed by atoms with Crippen LogP contribution >= 0.6 is 0 Å². The molecular formula is C27H30F2N6O4S. The van der Waals surface area contributed by atoms with E-state index in [0.717, 1.165) is 67.6 Å². The molecule has 13 heteroatoms. The van der Waals surface area contributed by atoms with Gasteiger partial charge in [0.05, 0.1) is 24.2 Å². The van der Waals surface area contributed by atoms with E-state index in [4.69, 9.17) is 10.5 Å². The summed E-state index contributed by atoms with van der Waals surface area (Å²) in [7, 11) is -3.08. The number of aliphatic hydroxyl groups is 1. The van der Waals surface area contributed by atoms with Gasteiger partial charge in [0.1, 0.15) is 22.2 Å². The number of nitrogen functional groups attached to an aromatic ring is 1. The molecule has 40 heavy (non-hydrogen) atoms. The topological polar surface area (TPSA) is 136 Å². The Balaban J connectivity index is 1.40. The van der Waals surface area contributed by atoms with E-state index in [-0.39, 0.29) is 17.7 Å². The van der Waals surface area contributed by atoms with Gasteiger partial charge >= 0.3 is 0 Å². The van der Waals surface area contributed by atoms with Crippen molar-refractivity contribution >= 4 is 32.7 Å². The molecule has 0 radical (unpaired) electrons. The van der Waals surface area contributed by atoms with Gasteiger partial charge in [-0.15, -0.1) is 0 Å². The van der Waals surface area contributed by atoms with E-state index >= 15 is 0 Å². The quantitative estimate of drug-likeness (QED) is 0.277. The number of rotatable bonds is 9. The number of aliphatic hydroxyl groups excluding tert-OH is 1. The van der Waals surface area contributed by atoms with Gasteiger partial charge in [0.15, 0.2) is 0 Å². The Kier molecular flexibility index (Phi) is 7.88. The zero-order chi connectivity index (χ0) is 28.4. The van der Waals surface area contributed by atoms with Crippen LogP contribution in [0.15, 0.2) is 53.6 Å². The fourth-order valence-electron chi connectivity index (χ4n) is 4.89. The van der Waals surface area contributed by atoms with Crippen LogP contribution in [0.4, 0.5) is 20.4 Å². The average Bonchev–Trinajstić information content (AvgIpc) is 3.23. The standard InChI is InChI=1S/C27H30F2N6O4S/c1-39-26-23(33-40(37,38)25-6-4-19(28)15-21(25)29)13-18(16-31-26)17-3-5-22-24(14-17)35(27(30)32-22)10-2-9-34-11-7-20(36)8-12-34/h3-6,13-16,20,33,36H,2,7-12H2,1H3,(H2,30,32). The number of nitrogens with zero attached hydrogens (tertiary/aromatic N) is 4. The molecule has 4 aromatic rings. The van der Waals surface area contributed by atoms with Crippen molar-refractivity contribution in [2.45, 2.75) is 36.8 Å². The van der Waals surface area contributed by atoms with E-state index in [2.05, 4.69) is 19.6 Å². The van der Waals surface area contributed by atoms with Crippen LogP contribution in [0, 0.1) is 11.6 Å². The molecule has 0 saturated carbocycles. The third-order valence-electron chi connectivity index (χ3n) is 7.00. The first-order valence-electron chi connectivity index (χ1n) is 12.8. The first kappa shape index (κ1) is 27.7. The minimum atomic E-state index is -4.41. The molecule has 0 amide bonds. The fourth-order valence-corrected chi connectivity index (χ4v) is 6.00. The van der Waals surface area contributed by atoms with Gasteiger partial charge < -0.3 is 25.0 Å². The van der Waals surface area contributed by atoms with Gasteiger partial charge in [0.25, 0.3) is 10.0 Å². The second-order valence-corrected chi connectivity index (χ2v) is 11.4. The maximum absolute atomic E-state index is 14.2. The van der Waals surface area contributed by atoms with Crippen molar-refractivity contribution in [1.82, 2.24) is 19.4 Å². The number of halogens is 2. The lowest BCUT2D eigenvalue weighted by molar-refractivity contribution is 0.0816. The van der Waals surface area contributed by atoms with Crippen LogP contribution in [-0.4, -0.2) is 65.8 Å². The molecule has 1 saturated heterocycles. The molecule has 1 fully saturated rings. The summed E-state index contributed by atoms with van der Waals surface area (Å²) < 4.78 is 62.8. The largest absolute Gasteiger partial charge is 0.480 e. The smallest absolute Gasteiger partial charge is 0.264 e. The highest BCUT2D eigenvalue weighted by Gasteiger charge is 2.23. The van der Waals surface area contributed by atoms with E-state index in [9.17, 15) is 22.3 Å². The zero-order valence-corrected chi connectivity index (χ0v) is 22.7. The summed E-state index contributed by atoms with van der Waals surface area (Å²) in [6.07, 6.45) is 3.74. The zero-order valence-electron chi connectivity index (χ0n) is 21.8. The molecule has 0 aliphatic carbocycles. The van der Waals surface area contributed by atoms with Crippen molar-refractivity contribution in [3.05, 3.63) is 60.3 Å². The number of likely N-dealkylation sites (tertiary alicyclic amines) is 1. The van der Waals surface area contributed by atoms with E-state index in [1.54, 1.807) is 0 Å². The van der Waals surface area contributed by atoms with Gasteiger partial charge in [-0.05, 0) is 61.7 Å². The number of benzene rings is 2. The van der Waals surface area contributed by atoms with Crippen molar-refractivity contribution in [2.24, 2.45) is 0 Å². The summed E-state index contributed by atoms with van der Waals surface area (Å²) in [4.78, 5) is 10.3. The van der Waals surface area contributed by atoms with Crippen LogP contribution in [0.3, 0.4) is 0 Å². The highest BCUT2D eigenvalue weighted by atomic mass is 32.2. The van der Waals surface area contributed by atoms with E-state index in [1.807, 2.05) is 22.8 Å². The Morgan fingerprint density at radius 1 is 1.10 bits per heavy atom. The van der Waals surface area contributed by atoms with Gasteiger partial charge in [0, 0.05) is 37.5 Å². The summed E-state index contributed by atoms with van der Waals surface area (Å²) in [5, 5.41) is 9.72. The second-order valence-electron chi connectivity index (χ2n) is 9.71. The molecule has 0 spiro atoms. The number of hydrogen-bond acceptors (Lipinski definition) is 8. The predicted octanol–water partition coefficient (Wildman–Crippen LogP) is 3.61. The number of aromatic nitrogens is 3. The van der Waals surface area contributed by atoms with E-state index in [0.29, 0.717) is 24.1 Å². The number of aryl methyl sites for hydroxylation is 1. The van der Waals surface area contributed by atoms with E-state index < -0.39 is 26.6 Å². The molecule has 0 atom stereocenters. The number of imidazole rings is 1. The molecule has 10 nitrogen and oxygen atoms in total. The first-order chi connectivity index (χ1) is 19.1. The molecule has 5 rings (SSSR count). The number of piperidine rings is 1. The number of nitrogens with one attached hydrogen (secondary N) is 1. The number of ether oxygens (including phenoxy) is 1. The van der Waals surface area contributed by atoms with Crippen LogP contribution in [0.5, 0.6) is 5.88 Å². The van der Waals surface area contributed by atoms with Gasteiger partial charge in [-0.3, -0.25) is 4.72 Å². The number of fused-ring (bicyclic) bond motifs is 1. The molecule has 2 aromatic carbocycles. The summed E-state index contributed by atoms with van der Waals surface area (Å²) in [6, 6.07) is 9.29. The maximum atomic E-state index is 14.2. The number of nitrogens with two attached hydrogens (primary N) is 1. The summed E-state index contributed by atoms with van der Waals surface area (Å²) >= 11 is 0. The Morgan fingerprint density at radius 2 is 1.88 bits per heavy atom. The highest BCUT2D eigenvalue weighted by molar-refractivity contribution is 7.92. The first-order valence-corrected chi connectivity index (χ1v) is 14.3.